The molecule has 2 aliphatic rings. The third-order valence-corrected chi connectivity index (χ3v) is 7.72. The lowest BCUT2D eigenvalue weighted by atomic mass is 9.90. The molecule has 0 aromatic heterocycles. The molecule has 2 atom stereocenters. The fourth-order valence-electron chi connectivity index (χ4n) is 3.17. The van der Waals surface area contributed by atoms with Crippen LogP contribution >= 0.6 is 11.8 Å². The van der Waals surface area contributed by atoms with Crippen molar-refractivity contribution in [3.8, 4) is 0 Å². The molecular formula is C13H26N2O3S2. The van der Waals surface area contributed by atoms with E-state index in [0.29, 0.717) is 18.2 Å². The van der Waals surface area contributed by atoms with Gasteiger partial charge in [-0.2, -0.15) is 11.8 Å². The highest BCUT2D eigenvalue weighted by molar-refractivity contribution is 8.01. The van der Waals surface area contributed by atoms with Crippen molar-refractivity contribution in [1.82, 2.24) is 4.90 Å². The number of ether oxygens (including phenoxy) is 1. The summed E-state index contributed by atoms with van der Waals surface area (Å²) >= 11 is 1.74. The monoisotopic (exact) mass is 322 g/mol. The second kappa shape index (κ2) is 7.45. The third kappa shape index (κ3) is 3.68. The van der Waals surface area contributed by atoms with E-state index in [2.05, 4.69) is 4.90 Å². The predicted molar refractivity (Wildman–Crippen MR) is 83.7 cm³/mol. The third-order valence-electron chi connectivity index (χ3n) is 4.42. The van der Waals surface area contributed by atoms with Gasteiger partial charge in [-0.25, -0.2) is 8.42 Å². The quantitative estimate of drug-likeness (QED) is 0.797. The highest BCUT2D eigenvalue weighted by Crippen LogP contribution is 2.29. The number of hydrogen-bond donors (Lipinski definition) is 1. The van der Waals surface area contributed by atoms with E-state index in [4.69, 9.17) is 10.5 Å². The van der Waals surface area contributed by atoms with E-state index in [1.54, 1.807) is 18.7 Å². The molecule has 2 aliphatic heterocycles. The van der Waals surface area contributed by atoms with Crippen LogP contribution < -0.4 is 5.73 Å². The summed E-state index contributed by atoms with van der Waals surface area (Å²) < 4.78 is 30.1. The van der Waals surface area contributed by atoms with Crippen LogP contribution in [0.15, 0.2) is 0 Å². The Balaban J connectivity index is 2.16. The van der Waals surface area contributed by atoms with Crippen LogP contribution in [0.4, 0.5) is 0 Å². The van der Waals surface area contributed by atoms with Crippen molar-refractivity contribution in [3.63, 3.8) is 0 Å². The molecule has 0 aromatic carbocycles. The molecule has 118 valence electrons. The molecule has 2 saturated heterocycles. The molecule has 0 bridgehead atoms. The SMILES string of the molecule is CCS(=O)(=O)C1CSCCN1C(CN)C1CCOCC1. The molecule has 20 heavy (non-hydrogen) atoms. The zero-order valence-electron chi connectivity index (χ0n) is 12.2. The topological polar surface area (TPSA) is 72.6 Å². The second-order valence-electron chi connectivity index (χ2n) is 5.47. The van der Waals surface area contributed by atoms with Crippen LogP contribution in [0, 0.1) is 5.92 Å². The van der Waals surface area contributed by atoms with Crippen molar-refractivity contribution in [2.24, 2.45) is 11.7 Å². The minimum absolute atomic E-state index is 0.172. The molecule has 0 aromatic rings. The number of rotatable bonds is 5. The molecule has 0 aliphatic carbocycles. The van der Waals surface area contributed by atoms with Crippen LogP contribution in [-0.2, 0) is 14.6 Å². The largest absolute Gasteiger partial charge is 0.381 e. The van der Waals surface area contributed by atoms with Crippen molar-refractivity contribution in [3.05, 3.63) is 0 Å². The first-order valence-corrected chi connectivity index (χ1v) is 10.3. The van der Waals surface area contributed by atoms with Gasteiger partial charge in [-0.15, -0.1) is 0 Å². The van der Waals surface area contributed by atoms with Gasteiger partial charge < -0.3 is 10.5 Å². The van der Waals surface area contributed by atoms with Crippen molar-refractivity contribution in [2.75, 3.05) is 43.6 Å². The Hall–Kier alpha value is 0.180. The Morgan fingerprint density at radius 1 is 1.40 bits per heavy atom. The summed E-state index contributed by atoms with van der Waals surface area (Å²) in [5.74, 6) is 2.34. The van der Waals surface area contributed by atoms with Gasteiger partial charge in [-0.05, 0) is 18.8 Å². The van der Waals surface area contributed by atoms with E-state index in [1.807, 2.05) is 0 Å². The summed E-state index contributed by atoms with van der Waals surface area (Å²) in [5, 5.41) is -0.359. The predicted octanol–water partition coefficient (Wildman–Crippen LogP) is 0.550. The first kappa shape index (κ1) is 16.5. The molecule has 7 heteroatoms. The van der Waals surface area contributed by atoms with Gasteiger partial charge in [0.15, 0.2) is 9.84 Å². The number of hydrogen-bond acceptors (Lipinski definition) is 6. The fourth-order valence-corrected chi connectivity index (χ4v) is 6.25. The molecule has 2 unspecified atom stereocenters. The smallest absolute Gasteiger partial charge is 0.166 e. The zero-order chi connectivity index (χ0) is 14.6. The minimum Gasteiger partial charge on any atom is -0.381 e. The maximum atomic E-state index is 12.3. The van der Waals surface area contributed by atoms with Crippen LogP contribution in [0.2, 0.25) is 0 Å². The summed E-state index contributed by atoms with van der Waals surface area (Å²) in [5.41, 5.74) is 6.00. The lowest BCUT2D eigenvalue weighted by Crippen LogP contribution is -2.57. The maximum Gasteiger partial charge on any atom is 0.166 e. The van der Waals surface area contributed by atoms with E-state index in [1.165, 1.54) is 0 Å². The summed E-state index contributed by atoms with van der Waals surface area (Å²) in [6.45, 7) is 4.64. The van der Waals surface area contributed by atoms with E-state index >= 15 is 0 Å². The number of sulfone groups is 1. The Morgan fingerprint density at radius 3 is 2.70 bits per heavy atom. The molecular weight excluding hydrogens is 296 g/mol. The van der Waals surface area contributed by atoms with Crippen LogP contribution in [0.25, 0.3) is 0 Å². The standard InChI is InChI=1S/C13H26N2O3S2/c1-2-20(16,17)13-10-19-8-5-15(13)12(9-14)11-3-6-18-7-4-11/h11-13H,2-10,14H2,1H3. The summed E-state index contributed by atoms with van der Waals surface area (Å²) in [6.07, 6.45) is 1.98. The number of thioether (sulfide) groups is 1. The van der Waals surface area contributed by atoms with Gasteiger partial charge in [0.25, 0.3) is 0 Å². The van der Waals surface area contributed by atoms with Gasteiger partial charge in [-0.1, -0.05) is 6.92 Å². The average molecular weight is 322 g/mol. The van der Waals surface area contributed by atoms with E-state index in [9.17, 15) is 8.42 Å². The van der Waals surface area contributed by atoms with Crippen molar-refractivity contribution < 1.29 is 13.2 Å². The van der Waals surface area contributed by atoms with Crippen LogP contribution in [0.5, 0.6) is 0 Å². The molecule has 0 spiro atoms. The van der Waals surface area contributed by atoms with Crippen LogP contribution in [0.1, 0.15) is 19.8 Å². The maximum absolute atomic E-state index is 12.3. The Morgan fingerprint density at radius 2 is 2.10 bits per heavy atom. The summed E-state index contributed by atoms with van der Waals surface area (Å²) in [4.78, 5) is 2.17. The molecule has 2 rings (SSSR count). The van der Waals surface area contributed by atoms with Crippen molar-refractivity contribution in [2.45, 2.75) is 31.2 Å². The van der Waals surface area contributed by atoms with E-state index in [0.717, 1.165) is 38.4 Å². The van der Waals surface area contributed by atoms with Gasteiger partial charge in [0.2, 0.25) is 0 Å². The lowest BCUT2D eigenvalue weighted by molar-refractivity contribution is 0.0264. The van der Waals surface area contributed by atoms with Crippen molar-refractivity contribution in [1.29, 1.82) is 0 Å². The summed E-state index contributed by atoms with van der Waals surface area (Å²) in [7, 11) is -3.05. The molecule has 0 radical (unpaired) electrons. The Kier molecular flexibility index (Phi) is 6.16. The molecule has 0 saturated carbocycles. The van der Waals surface area contributed by atoms with Gasteiger partial charge in [0.05, 0.1) is 0 Å². The lowest BCUT2D eigenvalue weighted by Gasteiger charge is -2.44. The van der Waals surface area contributed by atoms with Gasteiger partial charge in [0, 0.05) is 49.6 Å². The van der Waals surface area contributed by atoms with Crippen LogP contribution in [-0.4, -0.2) is 68.3 Å². The molecule has 2 N–H and O–H groups in total. The number of nitrogens with two attached hydrogens (primary N) is 1. The number of nitrogens with zero attached hydrogens (tertiary/aromatic N) is 1. The summed E-state index contributed by atoms with van der Waals surface area (Å²) in [6, 6.07) is 0.172. The minimum atomic E-state index is -3.05. The zero-order valence-corrected chi connectivity index (χ0v) is 13.8. The molecule has 2 fully saturated rings. The van der Waals surface area contributed by atoms with Gasteiger partial charge >= 0.3 is 0 Å². The molecule has 5 nitrogen and oxygen atoms in total. The van der Waals surface area contributed by atoms with E-state index in [-0.39, 0.29) is 17.2 Å². The van der Waals surface area contributed by atoms with Gasteiger partial charge in [-0.3, -0.25) is 4.90 Å². The Labute approximate surface area is 126 Å². The van der Waals surface area contributed by atoms with E-state index < -0.39 is 9.84 Å². The molecule has 0 amide bonds. The highest BCUT2D eigenvalue weighted by atomic mass is 32.2. The fraction of sp³-hybridized carbons (Fsp3) is 1.00. The van der Waals surface area contributed by atoms with Crippen molar-refractivity contribution >= 4 is 21.6 Å². The first-order valence-electron chi connectivity index (χ1n) is 7.43. The molecule has 2 heterocycles. The Bertz CT molecular complexity index is 396. The average Bonchev–Trinajstić information content (AvgIpc) is 2.49. The van der Waals surface area contributed by atoms with Crippen LogP contribution in [0.3, 0.4) is 0 Å². The first-order chi connectivity index (χ1) is 9.60. The van der Waals surface area contributed by atoms with Gasteiger partial charge in [0.1, 0.15) is 5.37 Å². The highest BCUT2D eigenvalue weighted by Gasteiger charge is 2.39. The normalized spacial score (nSPS) is 28.4. The second-order valence-corrected chi connectivity index (χ2v) is 9.07.